The second-order valence-corrected chi connectivity index (χ2v) is 5.79. The van der Waals surface area contributed by atoms with Gasteiger partial charge in [-0.3, -0.25) is 4.79 Å². The van der Waals surface area contributed by atoms with Gasteiger partial charge >= 0.3 is 0 Å². The van der Waals surface area contributed by atoms with Crippen molar-refractivity contribution in [2.45, 2.75) is 0 Å². The Kier molecular flexibility index (Phi) is 4.40. The van der Waals surface area contributed by atoms with Gasteiger partial charge in [0, 0.05) is 16.4 Å². The number of carbonyl (C=O) groups excluding carboxylic acids is 1. The first-order valence-corrected chi connectivity index (χ1v) is 7.67. The molecule has 1 N–H and O–H groups in total. The highest BCUT2D eigenvalue weighted by atomic mass is 79.9. The van der Waals surface area contributed by atoms with Gasteiger partial charge in [0.1, 0.15) is 29.5 Å². The van der Waals surface area contributed by atoms with Crippen LogP contribution < -0.4 is 5.32 Å². The monoisotopic (exact) mass is 384 g/mol. The summed E-state index contributed by atoms with van der Waals surface area (Å²) >= 11 is 3.36. The molecule has 1 heterocycles. The van der Waals surface area contributed by atoms with Crippen LogP contribution in [0.4, 0.5) is 10.1 Å². The summed E-state index contributed by atoms with van der Waals surface area (Å²) in [4.78, 5) is 16.3. The van der Waals surface area contributed by atoms with Gasteiger partial charge in [-0.05, 0) is 36.4 Å². The minimum Gasteiger partial charge on any atom is -0.319 e. The summed E-state index contributed by atoms with van der Waals surface area (Å²) in [6, 6.07) is 13.3. The predicted octanol–water partition coefficient (Wildman–Crippen LogP) is 3.90. The summed E-state index contributed by atoms with van der Waals surface area (Å²) in [5.74, 6) is -1.20. The molecule has 3 aromatic rings. The molecule has 0 bridgehead atoms. The molecule has 0 fully saturated rings. The van der Waals surface area contributed by atoms with E-state index in [-0.39, 0.29) is 16.9 Å². The number of hydrogen-bond donors (Lipinski definition) is 1. The van der Waals surface area contributed by atoms with Crippen LogP contribution in [0.5, 0.6) is 0 Å². The molecule has 0 aliphatic carbocycles. The molecule has 118 valence electrons. The normalized spacial score (nSPS) is 10.2. The highest BCUT2D eigenvalue weighted by molar-refractivity contribution is 9.10. The van der Waals surface area contributed by atoms with Crippen molar-refractivity contribution in [3.63, 3.8) is 0 Å². The molecule has 1 aromatic heterocycles. The number of nitriles is 1. The van der Waals surface area contributed by atoms with Crippen LogP contribution in [0.3, 0.4) is 0 Å². The van der Waals surface area contributed by atoms with Crippen molar-refractivity contribution in [3.8, 4) is 11.8 Å². The molecule has 0 unspecified atom stereocenters. The lowest BCUT2D eigenvalue weighted by Gasteiger charge is -2.05. The number of hydrogen-bond acceptors (Lipinski definition) is 3. The van der Waals surface area contributed by atoms with Crippen molar-refractivity contribution in [1.82, 2.24) is 9.55 Å². The van der Waals surface area contributed by atoms with Crippen LogP contribution in [0.1, 0.15) is 16.1 Å². The van der Waals surface area contributed by atoms with Gasteiger partial charge in [-0.15, -0.1) is 0 Å². The van der Waals surface area contributed by atoms with Crippen molar-refractivity contribution < 1.29 is 9.18 Å². The van der Waals surface area contributed by atoms with E-state index in [4.69, 9.17) is 5.26 Å². The van der Waals surface area contributed by atoms with Crippen molar-refractivity contribution in [2.24, 2.45) is 0 Å². The van der Waals surface area contributed by atoms with Crippen molar-refractivity contribution >= 4 is 27.5 Å². The molecule has 0 atom stereocenters. The van der Waals surface area contributed by atoms with E-state index in [1.165, 1.54) is 18.5 Å². The number of carbonyl (C=O) groups is 1. The fourth-order valence-corrected chi connectivity index (χ4v) is 2.39. The van der Waals surface area contributed by atoms with Crippen molar-refractivity contribution in [3.05, 3.63) is 76.5 Å². The molecule has 0 aliphatic heterocycles. The van der Waals surface area contributed by atoms with Gasteiger partial charge in [0.15, 0.2) is 0 Å². The molecule has 7 heteroatoms. The molecular formula is C17H10BrFN4O. The van der Waals surface area contributed by atoms with Crippen molar-refractivity contribution in [2.75, 3.05) is 5.32 Å². The van der Waals surface area contributed by atoms with Gasteiger partial charge < -0.3 is 9.88 Å². The van der Waals surface area contributed by atoms with Crippen molar-refractivity contribution in [1.29, 1.82) is 5.26 Å². The Morgan fingerprint density at radius 1 is 1.25 bits per heavy atom. The smallest absolute Gasteiger partial charge is 0.275 e. The lowest BCUT2D eigenvalue weighted by molar-refractivity contribution is 0.102. The van der Waals surface area contributed by atoms with E-state index >= 15 is 0 Å². The molecule has 0 saturated carbocycles. The van der Waals surface area contributed by atoms with E-state index in [0.29, 0.717) is 0 Å². The Hall–Kier alpha value is -2.98. The summed E-state index contributed by atoms with van der Waals surface area (Å²) in [6.45, 7) is 0. The molecule has 2 aromatic carbocycles. The highest BCUT2D eigenvalue weighted by Gasteiger charge is 2.14. The Labute approximate surface area is 145 Å². The maximum absolute atomic E-state index is 13.6. The predicted molar refractivity (Wildman–Crippen MR) is 90.3 cm³/mol. The number of amides is 1. The quantitative estimate of drug-likeness (QED) is 0.744. The summed E-state index contributed by atoms with van der Waals surface area (Å²) in [7, 11) is 0. The number of nitrogens with one attached hydrogen (secondary N) is 1. The van der Waals surface area contributed by atoms with E-state index in [2.05, 4.69) is 26.2 Å². The van der Waals surface area contributed by atoms with E-state index in [0.717, 1.165) is 16.2 Å². The van der Waals surface area contributed by atoms with Gasteiger partial charge in [0.05, 0.1) is 5.69 Å². The van der Waals surface area contributed by atoms with E-state index in [1.807, 2.05) is 24.3 Å². The minimum absolute atomic E-state index is 0.112. The Bertz CT molecular complexity index is 944. The molecule has 1 amide bonds. The number of nitrogens with zero attached hydrogens (tertiary/aromatic N) is 3. The number of benzene rings is 2. The summed E-state index contributed by atoms with van der Waals surface area (Å²) in [5, 5.41) is 11.5. The SMILES string of the molecule is N#Cc1c(F)cccc1NC(=O)c1cn(-c2ccc(Br)cc2)cn1. The molecule has 0 spiro atoms. The Morgan fingerprint density at radius 3 is 2.71 bits per heavy atom. The molecule has 0 radical (unpaired) electrons. The van der Waals surface area contributed by atoms with Crippen LogP contribution in [-0.4, -0.2) is 15.5 Å². The first-order chi connectivity index (χ1) is 11.6. The van der Waals surface area contributed by atoms with Gasteiger partial charge in [-0.2, -0.15) is 5.26 Å². The zero-order valence-corrected chi connectivity index (χ0v) is 13.8. The maximum Gasteiger partial charge on any atom is 0.275 e. The van der Waals surface area contributed by atoms with Crippen LogP contribution in [0, 0.1) is 17.1 Å². The molecular weight excluding hydrogens is 375 g/mol. The second-order valence-electron chi connectivity index (χ2n) is 4.87. The lowest BCUT2D eigenvalue weighted by Crippen LogP contribution is -2.13. The molecule has 0 aliphatic rings. The molecule has 3 rings (SSSR count). The number of anilines is 1. The number of rotatable bonds is 3. The maximum atomic E-state index is 13.6. The zero-order valence-electron chi connectivity index (χ0n) is 12.2. The van der Waals surface area contributed by atoms with Crippen LogP contribution in [0.2, 0.25) is 0 Å². The zero-order chi connectivity index (χ0) is 17.1. The first-order valence-electron chi connectivity index (χ1n) is 6.88. The number of halogens is 2. The third kappa shape index (κ3) is 3.19. The third-order valence-corrected chi connectivity index (χ3v) is 3.84. The minimum atomic E-state index is -0.685. The van der Waals surface area contributed by atoms with E-state index < -0.39 is 11.7 Å². The average molecular weight is 385 g/mol. The van der Waals surface area contributed by atoms with Crippen LogP contribution in [-0.2, 0) is 0 Å². The van der Waals surface area contributed by atoms with Crippen LogP contribution in [0.25, 0.3) is 5.69 Å². The molecule has 0 saturated heterocycles. The summed E-state index contributed by atoms with van der Waals surface area (Å²) in [6.07, 6.45) is 3.07. The average Bonchev–Trinajstić information content (AvgIpc) is 3.06. The number of aromatic nitrogens is 2. The largest absolute Gasteiger partial charge is 0.319 e. The fraction of sp³-hybridized carbons (Fsp3) is 0. The highest BCUT2D eigenvalue weighted by Crippen LogP contribution is 2.19. The Morgan fingerprint density at radius 2 is 2.00 bits per heavy atom. The van der Waals surface area contributed by atoms with Crippen LogP contribution >= 0.6 is 15.9 Å². The molecule has 24 heavy (non-hydrogen) atoms. The summed E-state index contributed by atoms with van der Waals surface area (Å²) < 4.78 is 16.2. The fourth-order valence-electron chi connectivity index (χ4n) is 2.12. The number of imidazole rings is 1. The lowest BCUT2D eigenvalue weighted by atomic mass is 10.2. The second kappa shape index (κ2) is 6.64. The van der Waals surface area contributed by atoms with E-state index in [9.17, 15) is 9.18 Å². The van der Waals surface area contributed by atoms with Crippen LogP contribution in [0.15, 0.2) is 59.5 Å². The topological polar surface area (TPSA) is 70.7 Å². The third-order valence-electron chi connectivity index (χ3n) is 3.31. The van der Waals surface area contributed by atoms with Gasteiger partial charge in [0.25, 0.3) is 5.91 Å². The molecule has 5 nitrogen and oxygen atoms in total. The van der Waals surface area contributed by atoms with Gasteiger partial charge in [-0.25, -0.2) is 9.37 Å². The van der Waals surface area contributed by atoms with E-state index in [1.54, 1.807) is 16.8 Å². The summed E-state index contributed by atoms with van der Waals surface area (Å²) in [5.41, 5.74) is 0.901. The van der Waals surface area contributed by atoms with Gasteiger partial charge in [0.2, 0.25) is 0 Å². The van der Waals surface area contributed by atoms with Gasteiger partial charge in [-0.1, -0.05) is 22.0 Å². The first kappa shape index (κ1) is 15.9. The standard InChI is InChI=1S/C17H10BrFN4O/c18-11-4-6-12(7-5-11)23-9-16(21-10-23)17(24)22-15-3-1-2-14(19)13(15)8-20/h1-7,9-10H,(H,22,24). The Balaban J connectivity index is 1.83.